The van der Waals surface area contributed by atoms with Crippen LogP contribution in [0.4, 0.5) is 0 Å². The summed E-state index contributed by atoms with van der Waals surface area (Å²) >= 11 is 0. The zero-order valence-electron chi connectivity index (χ0n) is 12.3. The number of hydrogen-bond donors (Lipinski definition) is 1. The summed E-state index contributed by atoms with van der Waals surface area (Å²) in [6.45, 7) is 3.22. The average Bonchev–Trinajstić information content (AvgIpc) is 2.57. The van der Waals surface area contributed by atoms with Gasteiger partial charge >= 0.3 is 0 Å². The van der Waals surface area contributed by atoms with Crippen molar-refractivity contribution in [3.05, 3.63) is 35.4 Å². The summed E-state index contributed by atoms with van der Waals surface area (Å²) in [4.78, 5) is 0. The van der Waals surface area contributed by atoms with Crippen LogP contribution in [0.15, 0.2) is 24.3 Å². The van der Waals surface area contributed by atoms with Crippen molar-refractivity contribution >= 4 is 0 Å². The van der Waals surface area contributed by atoms with Crippen LogP contribution in [0.3, 0.4) is 0 Å². The summed E-state index contributed by atoms with van der Waals surface area (Å²) in [5, 5.41) is 3.74. The van der Waals surface area contributed by atoms with Crippen LogP contribution in [0.5, 0.6) is 0 Å². The van der Waals surface area contributed by atoms with Gasteiger partial charge in [0.15, 0.2) is 0 Å². The van der Waals surface area contributed by atoms with Gasteiger partial charge < -0.3 is 5.32 Å². The summed E-state index contributed by atoms with van der Waals surface area (Å²) in [5.74, 6) is 4.24. The van der Waals surface area contributed by atoms with Gasteiger partial charge in [-0.1, -0.05) is 37.1 Å². The van der Waals surface area contributed by atoms with E-state index in [1.165, 1.54) is 32.1 Å². The Morgan fingerprint density at radius 3 is 2.30 bits per heavy atom. The summed E-state index contributed by atoms with van der Waals surface area (Å²) in [6, 6.07) is 9.19. The molecule has 0 spiro atoms. The fourth-order valence-electron chi connectivity index (χ4n) is 5.69. The largest absolute Gasteiger partial charge is 0.301 e. The molecule has 20 heavy (non-hydrogen) atoms. The van der Waals surface area contributed by atoms with Gasteiger partial charge in [0, 0.05) is 5.54 Å². The van der Waals surface area contributed by atoms with Crippen molar-refractivity contribution in [2.45, 2.75) is 56.4 Å². The third kappa shape index (κ3) is 1.75. The Balaban J connectivity index is 1.80. The Labute approximate surface area is 122 Å². The normalized spacial score (nSPS) is 41.0. The molecule has 0 heterocycles. The second-order valence-electron chi connectivity index (χ2n) is 7.66. The summed E-state index contributed by atoms with van der Waals surface area (Å²) in [6.07, 6.45) is 12.1. The minimum Gasteiger partial charge on any atom is -0.301 e. The lowest BCUT2D eigenvalue weighted by Gasteiger charge is -2.54. The highest BCUT2D eigenvalue weighted by Crippen LogP contribution is 2.62. The van der Waals surface area contributed by atoms with E-state index >= 15 is 0 Å². The minimum atomic E-state index is 0.284. The van der Waals surface area contributed by atoms with Crippen molar-refractivity contribution in [1.29, 1.82) is 0 Å². The van der Waals surface area contributed by atoms with Crippen LogP contribution in [-0.2, 0) is 0 Å². The van der Waals surface area contributed by atoms with E-state index in [1.54, 1.807) is 11.1 Å². The number of benzene rings is 1. The molecule has 0 aromatic heterocycles. The molecule has 0 radical (unpaired) electrons. The van der Waals surface area contributed by atoms with Crippen molar-refractivity contribution in [3.8, 4) is 12.3 Å². The van der Waals surface area contributed by atoms with E-state index in [-0.39, 0.29) is 5.54 Å². The maximum absolute atomic E-state index is 5.50. The fourth-order valence-corrected chi connectivity index (χ4v) is 5.69. The molecule has 0 saturated heterocycles. The van der Waals surface area contributed by atoms with Crippen LogP contribution < -0.4 is 5.32 Å². The quantitative estimate of drug-likeness (QED) is 0.802. The lowest BCUT2D eigenvalue weighted by molar-refractivity contribution is 0.0335. The molecule has 104 valence electrons. The molecule has 4 aliphatic rings. The van der Waals surface area contributed by atoms with Crippen LogP contribution in [0.2, 0.25) is 0 Å². The first-order valence-corrected chi connectivity index (χ1v) is 7.90. The van der Waals surface area contributed by atoms with E-state index in [0.717, 1.165) is 11.8 Å². The Hall–Kier alpha value is -1.26. The molecule has 2 unspecified atom stereocenters. The Morgan fingerprint density at radius 2 is 1.75 bits per heavy atom. The Morgan fingerprint density at radius 1 is 1.15 bits per heavy atom. The molecule has 4 bridgehead atoms. The molecule has 1 N–H and O–H groups in total. The number of terminal acetylenes is 1. The number of nitrogens with one attached hydrogen (secondary N) is 1. The zero-order valence-corrected chi connectivity index (χ0v) is 12.3. The van der Waals surface area contributed by atoms with Crippen LogP contribution >= 0.6 is 0 Å². The predicted octanol–water partition coefficient (Wildman–Crippen LogP) is 3.81. The molecule has 0 aliphatic heterocycles. The molecule has 0 amide bonds. The molecule has 2 atom stereocenters. The molecule has 4 aliphatic carbocycles. The fraction of sp³-hybridized carbons (Fsp3) is 0.579. The van der Waals surface area contributed by atoms with Crippen LogP contribution in [0.25, 0.3) is 0 Å². The highest BCUT2D eigenvalue weighted by Gasteiger charge is 2.54. The Kier molecular flexibility index (Phi) is 2.57. The smallest absolute Gasteiger partial charge is 0.0578 e. The van der Waals surface area contributed by atoms with Crippen molar-refractivity contribution < 1.29 is 0 Å². The van der Waals surface area contributed by atoms with Crippen LogP contribution in [0, 0.1) is 17.8 Å². The third-order valence-corrected chi connectivity index (χ3v) is 5.96. The van der Waals surface area contributed by atoms with E-state index in [1.807, 2.05) is 0 Å². The molecule has 2 fully saturated rings. The number of rotatable bonds is 2. The molecular formula is C19H23N. The average molecular weight is 265 g/mol. The van der Waals surface area contributed by atoms with Gasteiger partial charge in [-0.15, -0.1) is 6.42 Å². The van der Waals surface area contributed by atoms with Gasteiger partial charge in [-0.05, 0) is 60.5 Å². The number of hydrogen-bond acceptors (Lipinski definition) is 1. The highest BCUT2D eigenvalue weighted by atomic mass is 15.0. The predicted molar refractivity (Wildman–Crippen MR) is 82.7 cm³/mol. The first-order chi connectivity index (χ1) is 9.63. The van der Waals surface area contributed by atoms with E-state index in [2.05, 4.69) is 42.4 Å². The van der Waals surface area contributed by atoms with E-state index in [4.69, 9.17) is 6.42 Å². The van der Waals surface area contributed by atoms with Gasteiger partial charge in [0.2, 0.25) is 0 Å². The minimum absolute atomic E-state index is 0.284. The maximum atomic E-state index is 5.50. The molecule has 5 rings (SSSR count). The van der Waals surface area contributed by atoms with Gasteiger partial charge in [-0.25, -0.2) is 0 Å². The third-order valence-electron chi connectivity index (χ3n) is 5.96. The van der Waals surface area contributed by atoms with Crippen LogP contribution in [0.1, 0.15) is 62.0 Å². The SMILES string of the molecule is C#CCNC12CC3CC(C)(CC(C1)c1ccccc13)C2. The van der Waals surface area contributed by atoms with Crippen LogP contribution in [-0.4, -0.2) is 12.1 Å². The lowest BCUT2D eigenvalue weighted by atomic mass is 9.55. The lowest BCUT2D eigenvalue weighted by Crippen LogP contribution is -2.55. The van der Waals surface area contributed by atoms with Gasteiger partial charge in [0.25, 0.3) is 0 Å². The maximum Gasteiger partial charge on any atom is 0.0578 e. The van der Waals surface area contributed by atoms with Gasteiger partial charge in [-0.2, -0.15) is 0 Å². The molecule has 1 nitrogen and oxygen atoms in total. The molecule has 1 heteroatoms. The van der Waals surface area contributed by atoms with Crippen molar-refractivity contribution in [3.63, 3.8) is 0 Å². The summed E-state index contributed by atoms with van der Waals surface area (Å²) in [7, 11) is 0. The molecule has 2 saturated carbocycles. The second-order valence-corrected chi connectivity index (χ2v) is 7.66. The molecule has 1 aromatic rings. The highest BCUT2D eigenvalue weighted by molar-refractivity contribution is 5.39. The van der Waals surface area contributed by atoms with E-state index < -0.39 is 0 Å². The topological polar surface area (TPSA) is 12.0 Å². The first-order valence-electron chi connectivity index (χ1n) is 7.90. The Bertz CT molecular complexity index is 545. The molecular weight excluding hydrogens is 242 g/mol. The van der Waals surface area contributed by atoms with Crippen molar-refractivity contribution in [2.24, 2.45) is 5.41 Å². The second kappa shape index (κ2) is 4.12. The molecule has 1 aromatic carbocycles. The first kappa shape index (κ1) is 12.5. The van der Waals surface area contributed by atoms with Gasteiger partial charge in [-0.3, -0.25) is 0 Å². The zero-order chi connectivity index (χ0) is 13.8. The summed E-state index contributed by atoms with van der Waals surface area (Å²) < 4.78 is 0. The van der Waals surface area contributed by atoms with Crippen molar-refractivity contribution in [1.82, 2.24) is 5.32 Å². The standard InChI is InChI=1S/C19H23N/c1-3-8-20-19-11-14-9-18(2,13-19)10-15(12-19)17-7-5-4-6-16(14)17/h1,4-7,14-15,20H,8-13H2,2H3. The summed E-state index contributed by atoms with van der Waals surface area (Å²) in [5.41, 5.74) is 4.04. The van der Waals surface area contributed by atoms with Crippen molar-refractivity contribution in [2.75, 3.05) is 6.54 Å². The monoisotopic (exact) mass is 265 g/mol. The van der Waals surface area contributed by atoms with Gasteiger partial charge in [0.05, 0.1) is 6.54 Å². The van der Waals surface area contributed by atoms with E-state index in [0.29, 0.717) is 12.0 Å². The van der Waals surface area contributed by atoms with E-state index in [9.17, 15) is 0 Å². The van der Waals surface area contributed by atoms with Gasteiger partial charge in [0.1, 0.15) is 0 Å².